The summed E-state index contributed by atoms with van der Waals surface area (Å²) in [6.07, 6.45) is 3.33. The molecule has 0 saturated heterocycles. The second kappa shape index (κ2) is 10.7. The molecule has 0 unspecified atom stereocenters. The van der Waals surface area contributed by atoms with Crippen LogP contribution in [0.15, 0.2) is 60.9 Å². The number of methoxy groups -OCH3 is 1. The van der Waals surface area contributed by atoms with Crippen LogP contribution in [0.3, 0.4) is 0 Å². The molecule has 0 aliphatic carbocycles. The van der Waals surface area contributed by atoms with E-state index in [1.54, 1.807) is 47.9 Å². The minimum absolute atomic E-state index is 0.107. The summed E-state index contributed by atoms with van der Waals surface area (Å²) >= 11 is 0. The Bertz CT molecular complexity index is 1500. The first-order valence-electron chi connectivity index (χ1n) is 11.7. The number of hydrogen-bond donors (Lipinski definition) is 1. The number of benzene rings is 2. The first-order valence-corrected chi connectivity index (χ1v) is 11.7. The fourth-order valence-electron chi connectivity index (χ4n) is 4.01. The number of fused-ring (bicyclic) bond motifs is 1. The summed E-state index contributed by atoms with van der Waals surface area (Å²) in [6, 6.07) is 13.5. The van der Waals surface area contributed by atoms with Crippen LogP contribution in [0, 0.1) is 11.6 Å². The van der Waals surface area contributed by atoms with Gasteiger partial charge >= 0.3 is 0 Å². The highest BCUT2D eigenvalue weighted by Gasteiger charge is 2.21. The summed E-state index contributed by atoms with van der Waals surface area (Å²) in [6.45, 7) is 2.79. The quantitative estimate of drug-likeness (QED) is 0.291. The minimum Gasteiger partial charge on any atom is -0.494 e. The molecule has 0 aliphatic rings. The minimum atomic E-state index is -0.698. The summed E-state index contributed by atoms with van der Waals surface area (Å²) in [4.78, 5) is 8.71. The van der Waals surface area contributed by atoms with Crippen LogP contribution >= 0.6 is 0 Å². The van der Waals surface area contributed by atoms with Crippen molar-refractivity contribution in [3.8, 4) is 17.3 Å². The summed E-state index contributed by atoms with van der Waals surface area (Å²) in [5, 5.41) is 13.3. The van der Waals surface area contributed by atoms with Gasteiger partial charge in [-0.25, -0.2) is 13.5 Å². The molecule has 190 valence electrons. The molecule has 9 nitrogen and oxygen atoms in total. The van der Waals surface area contributed by atoms with Crippen molar-refractivity contribution in [2.75, 3.05) is 25.6 Å². The molecule has 11 heteroatoms. The number of pyridine rings is 1. The number of anilines is 2. The van der Waals surface area contributed by atoms with Gasteiger partial charge in [-0.05, 0) is 25.1 Å². The molecular weight excluding hydrogens is 480 g/mol. The Morgan fingerprint density at radius 1 is 0.973 bits per heavy atom. The molecule has 1 N–H and O–H groups in total. The third kappa shape index (κ3) is 5.12. The van der Waals surface area contributed by atoms with Crippen LogP contribution in [-0.2, 0) is 17.8 Å². The normalized spacial score (nSPS) is 11.2. The van der Waals surface area contributed by atoms with Gasteiger partial charge in [0.1, 0.15) is 23.1 Å². The summed E-state index contributed by atoms with van der Waals surface area (Å²) in [5.74, 6) is -0.378. The van der Waals surface area contributed by atoms with Crippen molar-refractivity contribution in [1.29, 1.82) is 0 Å². The van der Waals surface area contributed by atoms with E-state index in [-0.39, 0.29) is 17.9 Å². The van der Waals surface area contributed by atoms with Gasteiger partial charge in [0, 0.05) is 48.3 Å². The molecule has 0 fully saturated rings. The number of nitrogens with one attached hydrogen (secondary N) is 1. The van der Waals surface area contributed by atoms with Gasteiger partial charge in [-0.3, -0.25) is 9.67 Å². The predicted octanol–water partition coefficient (Wildman–Crippen LogP) is 4.81. The largest absolute Gasteiger partial charge is 0.494 e. The zero-order valence-electron chi connectivity index (χ0n) is 20.4. The summed E-state index contributed by atoms with van der Waals surface area (Å²) in [5.41, 5.74) is 1.91. The smallest absolute Gasteiger partial charge is 0.247 e. The number of hydrogen-bond acceptors (Lipinski definition) is 7. The van der Waals surface area contributed by atoms with Gasteiger partial charge in [0.2, 0.25) is 5.95 Å². The molecule has 3 heterocycles. The predicted molar refractivity (Wildman–Crippen MR) is 135 cm³/mol. The van der Waals surface area contributed by atoms with E-state index in [1.807, 2.05) is 24.3 Å². The molecule has 0 aliphatic heterocycles. The monoisotopic (exact) mass is 505 g/mol. The molecule has 0 bridgehead atoms. The molecule has 0 amide bonds. The molecule has 3 aromatic heterocycles. The lowest BCUT2D eigenvalue weighted by Gasteiger charge is -2.09. The highest BCUT2D eigenvalue weighted by atomic mass is 19.1. The fraction of sp³-hybridized carbons (Fsp3) is 0.231. The van der Waals surface area contributed by atoms with Crippen LogP contribution in [0.5, 0.6) is 5.75 Å². The van der Waals surface area contributed by atoms with Gasteiger partial charge in [-0.15, -0.1) is 5.10 Å². The van der Waals surface area contributed by atoms with Gasteiger partial charge in [-0.2, -0.15) is 10.1 Å². The Morgan fingerprint density at radius 2 is 1.73 bits per heavy atom. The third-order valence-corrected chi connectivity index (χ3v) is 5.72. The van der Waals surface area contributed by atoms with Crippen LogP contribution in [0.25, 0.3) is 22.4 Å². The van der Waals surface area contributed by atoms with Crippen molar-refractivity contribution in [3.05, 3.63) is 78.1 Å². The number of halogens is 2. The van der Waals surface area contributed by atoms with Crippen LogP contribution in [-0.4, -0.2) is 49.9 Å². The second-order valence-corrected chi connectivity index (χ2v) is 8.16. The van der Waals surface area contributed by atoms with E-state index in [4.69, 9.17) is 19.6 Å². The Hall–Kier alpha value is -4.38. The number of aromatic nitrogens is 6. The maximum absolute atomic E-state index is 14.8. The van der Waals surface area contributed by atoms with Crippen molar-refractivity contribution >= 4 is 22.5 Å². The SMILES string of the molecule is CCOc1cc(F)c(Cn2nc(-c3nc(Nc4ccncc4)nn3CCOC)c3ccccc32)c(F)c1. The zero-order chi connectivity index (χ0) is 25.8. The zero-order valence-corrected chi connectivity index (χ0v) is 20.4. The lowest BCUT2D eigenvalue weighted by molar-refractivity contribution is 0.184. The van der Waals surface area contributed by atoms with E-state index in [1.165, 1.54) is 12.1 Å². The van der Waals surface area contributed by atoms with Crippen LogP contribution in [0.4, 0.5) is 20.4 Å². The summed E-state index contributed by atoms with van der Waals surface area (Å²) in [7, 11) is 1.61. The Labute approximate surface area is 211 Å². The highest BCUT2D eigenvalue weighted by Crippen LogP contribution is 2.30. The van der Waals surface area contributed by atoms with Gasteiger partial charge in [-0.1, -0.05) is 18.2 Å². The van der Waals surface area contributed by atoms with E-state index < -0.39 is 11.6 Å². The molecule has 0 saturated carbocycles. The van der Waals surface area contributed by atoms with Crippen molar-refractivity contribution in [3.63, 3.8) is 0 Å². The Morgan fingerprint density at radius 3 is 2.46 bits per heavy atom. The number of nitrogens with zero attached hydrogens (tertiary/aromatic N) is 6. The second-order valence-electron chi connectivity index (χ2n) is 8.16. The van der Waals surface area contributed by atoms with Crippen molar-refractivity contribution < 1.29 is 18.3 Å². The van der Waals surface area contributed by atoms with Crippen molar-refractivity contribution in [1.82, 2.24) is 29.5 Å². The number of para-hydroxylation sites is 1. The maximum atomic E-state index is 14.8. The Balaban J connectivity index is 1.56. The van der Waals surface area contributed by atoms with Gasteiger partial charge in [0.25, 0.3) is 0 Å². The number of ether oxygens (including phenoxy) is 2. The van der Waals surface area contributed by atoms with E-state index in [0.717, 1.165) is 11.1 Å². The first kappa shape index (κ1) is 24.3. The first-order chi connectivity index (χ1) is 18.1. The summed E-state index contributed by atoms with van der Waals surface area (Å²) < 4.78 is 43.5. The lowest BCUT2D eigenvalue weighted by Crippen LogP contribution is -2.09. The van der Waals surface area contributed by atoms with E-state index in [0.29, 0.717) is 42.7 Å². The lowest BCUT2D eigenvalue weighted by atomic mass is 10.1. The molecule has 0 spiro atoms. The van der Waals surface area contributed by atoms with Gasteiger partial charge < -0.3 is 14.8 Å². The van der Waals surface area contributed by atoms with Crippen LogP contribution in [0.1, 0.15) is 12.5 Å². The van der Waals surface area contributed by atoms with Crippen molar-refractivity contribution in [2.45, 2.75) is 20.0 Å². The topological polar surface area (TPSA) is 91.9 Å². The molecule has 5 aromatic rings. The maximum Gasteiger partial charge on any atom is 0.247 e. The average Bonchev–Trinajstić information content (AvgIpc) is 3.46. The fourth-order valence-corrected chi connectivity index (χ4v) is 4.01. The standard InChI is InChI=1S/C26H25F2N7O2/c1-3-37-18-14-21(27)20(22(28)15-18)16-35-23-7-5-4-6-19(23)24(32-35)25-31-26(33-34(25)12-13-36-2)30-17-8-10-29-11-9-17/h4-11,14-15H,3,12-13,16H2,1-2H3,(H,29,30,33). The highest BCUT2D eigenvalue weighted by molar-refractivity contribution is 5.92. The van der Waals surface area contributed by atoms with Gasteiger partial charge in [0.05, 0.1) is 31.8 Å². The van der Waals surface area contributed by atoms with Crippen molar-refractivity contribution in [2.24, 2.45) is 0 Å². The molecule has 37 heavy (non-hydrogen) atoms. The molecule has 2 aromatic carbocycles. The molecule has 0 radical (unpaired) electrons. The average molecular weight is 506 g/mol. The Kier molecular flexibility index (Phi) is 7.04. The van der Waals surface area contributed by atoms with Crippen LogP contribution < -0.4 is 10.1 Å². The number of rotatable bonds is 10. The van der Waals surface area contributed by atoms with E-state index in [2.05, 4.69) is 15.4 Å². The van der Waals surface area contributed by atoms with E-state index >= 15 is 0 Å². The van der Waals surface area contributed by atoms with Gasteiger partial charge in [0.15, 0.2) is 5.82 Å². The third-order valence-electron chi connectivity index (χ3n) is 5.72. The molecule has 0 atom stereocenters. The van der Waals surface area contributed by atoms with Crippen LogP contribution in [0.2, 0.25) is 0 Å². The van der Waals surface area contributed by atoms with E-state index in [9.17, 15) is 8.78 Å². The molecule has 5 rings (SSSR count). The molecular formula is C26H25F2N7O2.